The quantitative estimate of drug-likeness (QED) is 0.860. The fourth-order valence-electron chi connectivity index (χ4n) is 3.51. The third kappa shape index (κ3) is 4.28. The maximum atomic E-state index is 12.3. The molecule has 2 aliphatic heterocycles. The van der Waals surface area contributed by atoms with Gasteiger partial charge < -0.3 is 14.8 Å². The van der Waals surface area contributed by atoms with Gasteiger partial charge >= 0.3 is 0 Å². The van der Waals surface area contributed by atoms with E-state index >= 15 is 0 Å². The highest BCUT2D eigenvalue weighted by atomic mass is 16.5. The molecule has 0 spiro atoms. The van der Waals surface area contributed by atoms with E-state index < -0.39 is 0 Å². The molecule has 1 aromatic carbocycles. The lowest BCUT2D eigenvalue weighted by Gasteiger charge is -2.36. The number of nitrogens with one attached hydrogen (secondary N) is 1. The zero-order valence-corrected chi connectivity index (χ0v) is 14.7. The van der Waals surface area contributed by atoms with Crippen molar-refractivity contribution in [3.63, 3.8) is 0 Å². The van der Waals surface area contributed by atoms with Crippen LogP contribution < -0.4 is 10.1 Å². The van der Waals surface area contributed by atoms with E-state index in [0.29, 0.717) is 24.9 Å². The molecule has 3 rings (SSSR count). The summed E-state index contributed by atoms with van der Waals surface area (Å²) in [6, 6.07) is 6.44. The third-order valence-electron chi connectivity index (χ3n) is 4.91. The van der Waals surface area contributed by atoms with Crippen LogP contribution in [-0.2, 0) is 22.4 Å². The minimum absolute atomic E-state index is 0.0905. The van der Waals surface area contributed by atoms with Gasteiger partial charge in [-0.25, -0.2) is 0 Å². The predicted molar refractivity (Wildman–Crippen MR) is 93.4 cm³/mol. The highest BCUT2D eigenvalue weighted by Gasteiger charge is 2.24. The summed E-state index contributed by atoms with van der Waals surface area (Å²) in [6.07, 6.45) is 1.37. The van der Waals surface area contributed by atoms with E-state index in [0.717, 1.165) is 50.6 Å². The van der Waals surface area contributed by atoms with Crippen LogP contribution in [0.5, 0.6) is 5.75 Å². The van der Waals surface area contributed by atoms with E-state index in [1.165, 1.54) is 5.56 Å². The van der Waals surface area contributed by atoms with Crippen LogP contribution in [0.1, 0.15) is 25.0 Å². The minimum Gasteiger partial charge on any atom is -0.493 e. The number of rotatable bonds is 6. The smallest absolute Gasteiger partial charge is 0.224 e. The molecule has 0 aliphatic carbocycles. The van der Waals surface area contributed by atoms with E-state index in [9.17, 15) is 4.79 Å². The molecule has 1 amide bonds. The average molecular weight is 332 g/mol. The topological polar surface area (TPSA) is 50.8 Å². The Hall–Kier alpha value is -1.59. The predicted octanol–water partition coefficient (Wildman–Crippen LogP) is 1.64. The second-order valence-electron chi connectivity index (χ2n) is 6.98. The highest BCUT2D eigenvalue weighted by molar-refractivity contribution is 5.78. The Labute approximate surface area is 144 Å². The maximum absolute atomic E-state index is 12.3. The van der Waals surface area contributed by atoms with Gasteiger partial charge in [-0.2, -0.15) is 0 Å². The van der Waals surface area contributed by atoms with E-state index in [2.05, 4.69) is 30.1 Å². The molecule has 1 atom stereocenters. The molecule has 0 aromatic heterocycles. The van der Waals surface area contributed by atoms with Crippen molar-refractivity contribution in [3.8, 4) is 5.75 Å². The Kier molecular flexibility index (Phi) is 5.74. The number of benzene rings is 1. The van der Waals surface area contributed by atoms with Crippen LogP contribution >= 0.6 is 0 Å². The number of morpholine rings is 1. The van der Waals surface area contributed by atoms with Gasteiger partial charge in [0, 0.05) is 32.1 Å². The van der Waals surface area contributed by atoms with Crippen LogP contribution in [0.15, 0.2) is 18.2 Å². The molecule has 24 heavy (non-hydrogen) atoms. The molecule has 0 bridgehead atoms. The summed E-state index contributed by atoms with van der Waals surface area (Å²) in [5.74, 6) is 1.56. The molecular formula is C19H28N2O3. The molecule has 5 nitrogen and oxygen atoms in total. The van der Waals surface area contributed by atoms with Crippen molar-refractivity contribution < 1.29 is 14.3 Å². The first-order chi connectivity index (χ1) is 11.6. The Bertz CT molecular complexity index is 568. The van der Waals surface area contributed by atoms with Crippen LogP contribution in [0.3, 0.4) is 0 Å². The van der Waals surface area contributed by atoms with Crippen molar-refractivity contribution in [2.24, 2.45) is 5.92 Å². The molecule has 1 N–H and O–H groups in total. The van der Waals surface area contributed by atoms with Gasteiger partial charge in [-0.1, -0.05) is 26.0 Å². The number of carbonyl (C=O) groups is 1. The summed E-state index contributed by atoms with van der Waals surface area (Å²) in [5.41, 5.74) is 2.28. The Morgan fingerprint density at radius 3 is 2.79 bits per heavy atom. The summed E-state index contributed by atoms with van der Waals surface area (Å²) in [7, 11) is 0. The van der Waals surface area contributed by atoms with Crippen LogP contribution in [0.4, 0.5) is 0 Å². The average Bonchev–Trinajstić information content (AvgIpc) is 3.03. The highest BCUT2D eigenvalue weighted by Crippen LogP contribution is 2.26. The number of hydrogen-bond donors (Lipinski definition) is 1. The SMILES string of the molecule is CC(C)C(CNC(=O)Cc1ccc2c(c1)CCO2)N1CCOCC1. The molecule has 2 aliphatic rings. The summed E-state index contributed by atoms with van der Waals surface area (Å²) < 4.78 is 10.9. The standard InChI is InChI=1S/C19H28N2O3/c1-14(2)17(21-6-9-23-10-7-21)13-20-19(22)12-15-3-4-18-16(11-15)5-8-24-18/h3-4,11,14,17H,5-10,12-13H2,1-2H3,(H,20,22). The lowest BCUT2D eigenvalue weighted by atomic mass is 10.0. The summed E-state index contributed by atoms with van der Waals surface area (Å²) in [6.45, 7) is 9.35. The normalized spacial score (nSPS) is 19.0. The Morgan fingerprint density at radius 2 is 2.04 bits per heavy atom. The van der Waals surface area contributed by atoms with Gasteiger partial charge in [0.15, 0.2) is 0 Å². The van der Waals surface area contributed by atoms with Crippen molar-refractivity contribution in [1.29, 1.82) is 0 Å². The minimum atomic E-state index is 0.0905. The van der Waals surface area contributed by atoms with Gasteiger partial charge in [0.25, 0.3) is 0 Å². The monoisotopic (exact) mass is 332 g/mol. The van der Waals surface area contributed by atoms with E-state index in [1.54, 1.807) is 0 Å². The summed E-state index contributed by atoms with van der Waals surface area (Å²) >= 11 is 0. The fraction of sp³-hybridized carbons (Fsp3) is 0.632. The van der Waals surface area contributed by atoms with Crippen LogP contribution in [0, 0.1) is 5.92 Å². The lowest BCUT2D eigenvalue weighted by Crippen LogP contribution is -2.51. The number of amides is 1. The zero-order chi connectivity index (χ0) is 16.9. The van der Waals surface area contributed by atoms with Gasteiger partial charge in [-0.05, 0) is 23.1 Å². The van der Waals surface area contributed by atoms with Crippen LogP contribution in [-0.4, -0.2) is 56.3 Å². The molecule has 132 valence electrons. The van der Waals surface area contributed by atoms with Gasteiger partial charge in [0.1, 0.15) is 5.75 Å². The van der Waals surface area contributed by atoms with E-state index in [1.807, 2.05) is 12.1 Å². The molecular weight excluding hydrogens is 304 g/mol. The van der Waals surface area contributed by atoms with Crippen LogP contribution in [0.25, 0.3) is 0 Å². The van der Waals surface area contributed by atoms with Crippen molar-refractivity contribution in [3.05, 3.63) is 29.3 Å². The molecule has 5 heteroatoms. The first-order valence-electron chi connectivity index (χ1n) is 8.96. The van der Waals surface area contributed by atoms with Gasteiger partial charge in [-0.15, -0.1) is 0 Å². The van der Waals surface area contributed by atoms with Crippen molar-refractivity contribution in [2.75, 3.05) is 39.5 Å². The number of carbonyl (C=O) groups excluding carboxylic acids is 1. The molecule has 1 aromatic rings. The molecule has 1 saturated heterocycles. The summed E-state index contributed by atoms with van der Waals surface area (Å²) in [4.78, 5) is 14.8. The number of nitrogens with zero attached hydrogens (tertiary/aromatic N) is 1. The second-order valence-corrected chi connectivity index (χ2v) is 6.98. The molecule has 1 unspecified atom stereocenters. The zero-order valence-electron chi connectivity index (χ0n) is 14.7. The number of hydrogen-bond acceptors (Lipinski definition) is 4. The maximum Gasteiger partial charge on any atom is 0.224 e. The molecule has 0 radical (unpaired) electrons. The van der Waals surface area contributed by atoms with Crippen molar-refractivity contribution in [1.82, 2.24) is 10.2 Å². The second kappa shape index (κ2) is 7.99. The number of fused-ring (bicyclic) bond motifs is 1. The van der Waals surface area contributed by atoms with Crippen LogP contribution in [0.2, 0.25) is 0 Å². The van der Waals surface area contributed by atoms with Gasteiger partial charge in [-0.3, -0.25) is 9.69 Å². The Morgan fingerprint density at radius 1 is 1.25 bits per heavy atom. The van der Waals surface area contributed by atoms with E-state index in [-0.39, 0.29) is 5.91 Å². The van der Waals surface area contributed by atoms with Crippen molar-refractivity contribution >= 4 is 5.91 Å². The first kappa shape index (κ1) is 17.2. The van der Waals surface area contributed by atoms with Gasteiger partial charge in [0.2, 0.25) is 5.91 Å². The van der Waals surface area contributed by atoms with E-state index in [4.69, 9.17) is 9.47 Å². The first-order valence-corrected chi connectivity index (χ1v) is 8.96. The number of ether oxygens (including phenoxy) is 2. The third-order valence-corrected chi connectivity index (χ3v) is 4.91. The fourth-order valence-corrected chi connectivity index (χ4v) is 3.51. The van der Waals surface area contributed by atoms with Crippen molar-refractivity contribution in [2.45, 2.75) is 32.7 Å². The largest absolute Gasteiger partial charge is 0.493 e. The molecule has 1 fully saturated rings. The lowest BCUT2D eigenvalue weighted by molar-refractivity contribution is -0.120. The molecule has 2 heterocycles. The summed E-state index contributed by atoms with van der Waals surface area (Å²) in [5, 5.41) is 3.12. The van der Waals surface area contributed by atoms with Gasteiger partial charge in [0.05, 0.1) is 26.2 Å². The Balaban J connectivity index is 1.52. The molecule has 0 saturated carbocycles.